The van der Waals surface area contributed by atoms with Gasteiger partial charge in [-0.1, -0.05) is 39.0 Å². The van der Waals surface area contributed by atoms with Crippen LogP contribution in [-0.2, 0) is 19.1 Å². The fourth-order valence-corrected chi connectivity index (χ4v) is 4.80. The Hall–Kier alpha value is -1.62. The van der Waals surface area contributed by atoms with E-state index in [1.54, 1.807) is 0 Å². The summed E-state index contributed by atoms with van der Waals surface area (Å²) in [6.07, 6.45) is 10.6. The second kappa shape index (κ2) is 9.25. The number of allylic oxidation sites excluding steroid dienone is 3. The zero-order valence-corrected chi connectivity index (χ0v) is 17.3. The van der Waals surface area contributed by atoms with E-state index in [0.717, 1.165) is 32.1 Å². The molecule has 3 rings (SSSR count). The number of esters is 2. The highest BCUT2D eigenvalue weighted by Crippen LogP contribution is 2.44. The molecule has 0 spiro atoms. The molecule has 0 amide bonds. The normalized spacial score (nSPS) is 36.1. The van der Waals surface area contributed by atoms with Crippen LogP contribution in [0.2, 0.25) is 0 Å². The predicted octanol–water partition coefficient (Wildman–Crippen LogP) is 3.95. The quantitative estimate of drug-likeness (QED) is 0.695. The molecule has 0 unspecified atom stereocenters. The van der Waals surface area contributed by atoms with Crippen molar-refractivity contribution in [2.24, 2.45) is 23.7 Å². The van der Waals surface area contributed by atoms with Crippen LogP contribution >= 0.6 is 0 Å². The average molecular weight is 391 g/mol. The topological polar surface area (TPSA) is 72.8 Å². The predicted molar refractivity (Wildman–Crippen MR) is 106 cm³/mol. The third-order valence-electron chi connectivity index (χ3n) is 6.69. The molecule has 0 aromatic rings. The van der Waals surface area contributed by atoms with Crippen molar-refractivity contribution in [3.8, 4) is 0 Å². The first kappa shape index (κ1) is 21.1. The molecule has 0 aromatic heterocycles. The van der Waals surface area contributed by atoms with Crippen molar-refractivity contribution >= 4 is 11.9 Å². The standard InChI is InChI=1S/C23H34O5/c1-4-14(2)23(26)28-20-7-5-6-16-9-8-15(3)19(22(16)20)11-10-18-12-17(24)13-21(25)27-18/h6,8-9,14-15,17-20,22,24H,4-5,7,10-13H2,1-3H3/t14-,15+,17-,18-,19+,20+,22+/m1/s1. The van der Waals surface area contributed by atoms with Gasteiger partial charge in [-0.15, -0.1) is 0 Å². The smallest absolute Gasteiger partial charge is 0.308 e. The Morgan fingerprint density at radius 3 is 2.89 bits per heavy atom. The van der Waals surface area contributed by atoms with Crippen molar-refractivity contribution < 1.29 is 24.2 Å². The molecule has 1 fully saturated rings. The molecule has 5 nitrogen and oxygen atoms in total. The number of cyclic esters (lactones) is 1. The molecule has 0 radical (unpaired) electrons. The zero-order valence-electron chi connectivity index (χ0n) is 17.3. The molecule has 1 heterocycles. The molecule has 1 aliphatic heterocycles. The molecular formula is C23H34O5. The minimum Gasteiger partial charge on any atom is -0.462 e. The maximum absolute atomic E-state index is 12.4. The van der Waals surface area contributed by atoms with Crippen LogP contribution < -0.4 is 0 Å². The molecule has 7 atom stereocenters. The van der Waals surface area contributed by atoms with Crippen LogP contribution in [0.3, 0.4) is 0 Å². The number of rotatable bonds is 6. The maximum Gasteiger partial charge on any atom is 0.308 e. The van der Waals surface area contributed by atoms with E-state index in [-0.39, 0.29) is 42.4 Å². The second-order valence-electron chi connectivity index (χ2n) is 8.76. The van der Waals surface area contributed by atoms with Crippen LogP contribution in [0.25, 0.3) is 0 Å². The number of aliphatic hydroxyl groups excluding tert-OH is 1. The molecular weight excluding hydrogens is 356 g/mol. The van der Waals surface area contributed by atoms with Crippen molar-refractivity contribution in [3.63, 3.8) is 0 Å². The van der Waals surface area contributed by atoms with Gasteiger partial charge in [0.1, 0.15) is 12.2 Å². The van der Waals surface area contributed by atoms with E-state index < -0.39 is 6.10 Å². The Morgan fingerprint density at radius 2 is 2.18 bits per heavy atom. The molecule has 1 saturated heterocycles. The number of fused-ring (bicyclic) bond motifs is 1. The first-order valence-electron chi connectivity index (χ1n) is 10.8. The number of aliphatic hydroxyl groups is 1. The van der Waals surface area contributed by atoms with E-state index in [2.05, 4.69) is 25.2 Å². The van der Waals surface area contributed by atoms with Crippen molar-refractivity contribution in [1.82, 2.24) is 0 Å². The van der Waals surface area contributed by atoms with E-state index in [4.69, 9.17) is 9.47 Å². The minimum atomic E-state index is -0.593. The molecule has 3 aliphatic rings. The summed E-state index contributed by atoms with van der Waals surface area (Å²) in [7, 11) is 0. The summed E-state index contributed by atoms with van der Waals surface area (Å²) in [6.45, 7) is 6.14. The van der Waals surface area contributed by atoms with Crippen LogP contribution in [0, 0.1) is 23.7 Å². The monoisotopic (exact) mass is 390 g/mol. The highest BCUT2D eigenvalue weighted by molar-refractivity contribution is 5.72. The highest BCUT2D eigenvalue weighted by atomic mass is 16.5. The van der Waals surface area contributed by atoms with Crippen molar-refractivity contribution in [2.45, 2.75) is 84.0 Å². The third-order valence-corrected chi connectivity index (χ3v) is 6.69. The van der Waals surface area contributed by atoms with Gasteiger partial charge in [0.05, 0.1) is 18.4 Å². The SMILES string of the molecule is CC[C@@H](C)C(=O)O[C@H]1CCC=C2C=C[C@H](C)[C@H](CC[C@@H]3C[C@@H](O)CC(=O)O3)[C@H]21. The first-order valence-corrected chi connectivity index (χ1v) is 10.8. The van der Waals surface area contributed by atoms with Crippen LogP contribution in [-0.4, -0.2) is 35.4 Å². The van der Waals surface area contributed by atoms with Gasteiger partial charge >= 0.3 is 11.9 Å². The number of hydrogen-bond donors (Lipinski definition) is 1. The fraction of sp³-hybridized carbons (Fsp3) is 0.739. The van der Waals surface area contributed by atoms with E-state index in [1.807, 2.05) is 13.8 Å². The van der Waals surface area contributed by atoms with E-state index in [9.17, 15) is 14.7 Å². The molecule has 0 aromatic carbocycles. The van der Waals surface area contributed by atoms with Crippen LogP contribution in [0.1, 0.15) is 65.7 Å². The van der Waals surface area contributed by atoms with Crippen molar-refractivity contribution in [2.75, 3.05) is 0 Å². The lowest BCUT2D eigenvalue weighted by Gasteiger charge is -2.42. The summed E-state index contributed by atoms with van der Waals surface area (Å²) in [5, 5.41) is 9.86. The summed E-state index contributed by atoms with van der Waals surface area (Å²) in [5.41, 5.74) is 1.27. The average Bonchev–Trinajstić information content (AvgIpc) is 2.66. The molecule has 2 aliphatic carbocycles. The molecule has 0 saturated carbocycles. The van der Waals surface area contributed by atoms with E-state index >= 15 is 0 Å². The van der Waals surface area contributed by atoms with Crippen LogP contribution in [0.15, 0.2) is 23.8 Å². The number of hydrogen-bond acceptors (Lipinski definition) is 5. The van der Waals surface area contributed by atoms with Crippen molar-refractivity contribution in [1.29, 1.82) is 0 Å². The van der Waals surface area contributed by atoms with Crippen LogP contribution in [0.4, 0.5) is 0 Å². The van der Waals surface area contributed by atoms with Crippen LogP contribution in [0.5, 0.6) is 0 Å². The van der Waals surface area contributed by atoms with Gasteiger partial charge in [0.25, 0.3) is 0 Å². The van der Waals surface area contributed by atoms with Gasteiger partial charge in [-0.2, -0.15) is 0 Å². The van der Waals surface area contributed by atoms with Gasteiger partial charge in [-0.05, 0) is 49.5 Å². The molecule has 156 valence electrons. The van der Waals surface area contributed by atoms with E-state index in [0.29, 0.717) is 18.3 Å². The Bertz CT molecular complexity index is 637. The summed E-state index contributed by atoms with van der Waals surface area (Å²) < 4.78 is 11.4. The summed E-state index contributed by atoms with van der Waals surface area (Å²) in [5.74, 6) is 0.426. The van der Waals surface area contributed by atoms with E-state index in [1.165, 1.54) is 5.57 Å². The van der Waals surface area contributed by atoms with Gasteiger partial charge in [0, 0.05) is 12.3 Å². The number of carbonyl (C=O) groups excluding carboxylic acids is 2. The summed E-state index contributed by atoms with van der Waals surface area (Å²) in [6, 6.07) is 0. The minimum absolute atomic E-state index is 0.0764. The molecule has 1 N–H and O–H groups in total. The Morgan fingerprint density at radius 1 is 1.39 bits per heavy atom. The lowest BCUT2D eigenvalue weighted by molar-refractivity contribution is -0.162. The Kier molecular flexibility index (Phi) is 6.97. The van der Waals surface area contributed by atoms with Gasteiger partial charge in [0.2, 0.25) is 0 Å². The van der Waals surface area contributed by atoms with Gasteiger partial charge in [-0.3, -0.25) is 9.59 Å². The lowest BCUT2D eigenvalue weighted by Crippen LogP contribution is -2.40. The first-order chi connectivity index (χ1) is 13.4. The maximum atomic E-state index is 12.4. The molecule has 28 heavy (non-hydrogen) atoms. The largest absolute Gasteiger partial charge is 0.462 e. The van der Waals surface area contributed by atoms with Gasteiger partial charge < -0.3 is 14.6 Å². The van der Waals surface area contributed by atoms with Gasteiger partial charge in [0.15, 0.2) is 0 Å². The highest BCUT2D eigenvalue weighted by Gasteiger charge is 2.40. The molecule has 0 bridgehead atoms. The lowest BCUT2D eigenvalue weighted by atomic mass is 9.66. The summed E-state index contributed by atoms with van der Waals surface area (Å²) >= 11 is 0. The van der Waals surface area contributed by atoms with Crippen molar-refractivity contribution in [3.05, 3.63) is 23.8 Å². The summed E-state index contributed by atoms with van der Waals surface area (Å²) in [4.78, 5) is 24.1. The number of carbonyl (C=O) groups is 2. The third kappa shape index (κ3) is 4.86. The Balaban J connectivity index is 1.70. The Labute approximate surface area is 168 Å². The fourth-order valence-electron chi connectivity index (χ4n) is 4.80. The zero-order chi connectivity index (χ0) is 20.3. The van der Waals surface area contributed by atoms with Gasteiger partial charge in [-0.25, -0.2) is 0 Å². The number of ether oxygens (including phenoxy) is 2. The molecule has 5 heteroatoms. The second-order valence-corrected chi connectivity index (χ2v) is 8.76.